The van der Waals surface area contributed by atoms with Gasteiger partial charge in [-0.1, -0.05) is 24.3 Å². The van der Waals surface area contributed by atoms with Gasteiger partial charge in [0.2, 0.25) is 0 Å². The summed E-state index contributed by atoms with van der Waals surface area (Å²) in [7, 11) is -3.30. The second kappa shape index (κ2) is 5.10. The number of carboxylic acid groups (broad SMARTS) is 1. The van der Waals surface area contributed by atoms with Crippen LogP contribution in [-0.2, 0) is 26.8 Å². The molecule has 5 heteroatoms. The summed E-state index contributed by atoms with van der Waals surface area (Å²) in [6.07, 6.45) is -0.157. The number of carbonyl (C=O) groups is 1. The largest absolute Gasteiger partial charge is 0.481 e. The third-order valence-corrected chi connectivity index (χ3v) is 5.30. The van der Waals surface area contributed by atoms with Crippen molar-refractivity contribution in [2.45, 2.75) is 37.7 Å². The molecule has 1 N–H and O–H groups in total. The summed E-state index contributed by atoms with van der Waals surface area (Å²) in [5.41, 5.74) is 1.12. The fraction of sp³-hybridized carbons (Fsp3) is 0.462. The van der Waals surface area contributed by atoms with Crippen LogP contribution in [0.25, 0.3) is 0 Å². The van der Waals surface area contributed by atoms with Crippen LogP contribution in [0.2, 0.25) is 0 Å². The highest BCUT2D eigenvalue weighted by molar-refractivity contribution is 7.91. The molecule has 4 nitrogen and oxygen atoms in total. The topological polar surface area (TPSA) is 71.4 Å². The third-order valence-electron chi connectivity index (χ3n) is 2.74. The predicted molar refractivity (Wildman–Crippen MR) is 70.2 cm³/mol. The molecule has 1 aromatic carbocycles. The molecule has 0 aliphatic rings. The lowest BCUT2D eigenvalue weighted by Gasteiger charge is -2.20. The lowest BCUT2D eigenvalue weighted by atomic mass is 10.1. The zero-order valence-electron chi connectivity index (χ0n) is 10.8. The molecule has 1 rings (SSSR count). The molecule has 0 aliphatic heterocycles. The molecule has 100 valence electrons. The number of hydrogen-bond donors (Lipinski definition) is 1. The Morgan fingerprint density at radius 3 is 2.11 bits per heavy atom. The Hall–Kier alpha value is -1.36. The van der Waals surface area contributed by atoms with Crippen molar-refractivity contribution < 1.29 is 18.3 Å². The second-order valence-corrected chi connectivity index (χ2v) is 7.95. The van der Waals surface area contributed by atoms with Crippen LogP contribution >= 0.6 is 0 Å². The maximum Gasteiger partial charge on any atom is 0.307 e. The van der Waals surface area contributed by atoms with Crippen molar-refractivity contribution in [1.82, 2.24) is 0 Å². The van der Waals surface area contributed by atoms with Gasteiger partial charge in [-0.3, -0.25) is 4.79 Å². The standard InChI is InChI=1S/C13H18O4S/c1-13(2,3)18(16,17)9-11-7-5-4-6-10(11)8-12(14)15/h4-7H,8-9H2,1-3H3,(H,14,15). The molecular weight excluding hydrogens is 252 g/mol. The fourth-order valence-corrected chi connectivity index (χ4v) is 2.58. The molecule has 0 bridgehead atoms. The number of sulfone groups is 1. The maximum absolute atomic E-state index is 12.1. The zero-order chi connectivity index (χ0) is 14.0. The summed E-state index contributed by atoms with van der Waals surface area (Å²) in [6, 6.07) is 6.76. The number of benzene rings is 1. The quantitative estimate of drug-likeness (QED) is 0.908. The van der Waals surface area contributed by atoms with Gasteiger partial charge in [-0.15, -0.1) is 0 Å². The Kier molecular flexibility index (Phi) is 4.16. The van der Waals surface area contributed by atoms with E-state index in [1.54, 1.807) is 45.0 Å². The Labute approximate surface area is 108 Å². The molecule has 0 saturated carbocycles. The van der Waals surface area contributed by atoms with Gasteiger partial charge in [-0.2, -0.15) is 0 Å². The van der Waals surface area contributed by atoms with Crippen LogP contribution in [0.3, 0.4) is 0 Å². The van der Waals surface area contributed by atoms with Crippen molar-refractivity contribution in [3.63, 3.8) is 0 Å². The Bertz CT molecular complexity index is 538. The summed E-state index contributed by atoms with van der Waals surface area (Å²) in [4.78, 5) is 10.7. The van der Waals surface area contributed by atoms with Gasteiger partial charge in [0.05, 0.1) is 16.9 Å². The van der Waals surface area contributed by atoms with E-state index < -0.39 is 20.6 Å². The fourth-order valence-electron chi connectivity index (χ4n) is 1.45. The van der Waals surface area contributed by atoms with E-state index in [-0.39, 0.29) is 12.2 Å². The first kappa shape index (κ1) is 14.7. The lowest BCUT2D eigenvalue weighted by Crippen LogP contribution is -2.29. The predicted octanol–water partition coefficient (Wildman–Crippen LogP) is 2.03. The zero-order valence-corrected chi connectivity index (χ0v) is 11.6. The SMILES string of the molecule is CC(C)(C)S(=O)(=O)Cc1ccccc1CC(=O)O. The van der Waals surface area contributed by atoms with Gasteiger partial charge < -0.3 is 5.11 Å². The molecule has 0 aliphatic carbocycles. The van der Waals surface area contributed by atoms with Crippen molar-refractivity contribution in [2.24, 2.45) is 0 Å². The van der Waals surface area contributed by atoms with Gasteiger partial charge in [0, 0.05) is 0 Å². The minimum Gasteiger partial charge on any atom is -0.481 e. The van der Waals surface area contributed by atoms with Crippen molar-refractivity contribution >= 4 is 15.8 Å². The van der Waals surface area contributed by atoms with Gasteiger partial charge in [-0.05, 0) is 31.9 Å². The van der Waals surface area contributed by atoms with Crippen molar-refractivity contribution in [2.75, 3.05) is 0 Å². The van der Waals surface area contributed by atoms with E-state index in [0.29, 0.717) is 11.1 Å². The Balaban J connectivity index is 3.09. The highest BCUT2D eigenvalue weighted by Crippen LogP contribution is 2.22. The van der Waals surface area contributed by atoms with E-state index in [2.05, 4.69) is 0 Å². The first-order valence-corrected chi connectivity index (χ1v) is 7.29. The number of hydrogen-bond acceptors (Lipinski definition) is 3. The van der Waals surface area contributed by atoms with Gasteiger partial charge in [0.1, 0.15) is 0 Å². The molecule has 1 aromatic rings. The molecule has 0 fully saturated rings. The monoisotopic (exact) mass is 270 g/mol. The van der Waals surface area contributed by atoms with Crippen LogP contribution in [0, 0.1) is 0 Å². The molecule has 0 spiro atoms. The van der Waals surface area contributed by atoms with Gasteiger partial charge in [0.25, 0.3) is 0 Å². The maximum atomic E-state index is 12.1. The summed E-state index contributed by atoms with van der Waals surface area (Å²) >= 11 is 0. The molecule has 0 radical (unpaired) electrons. The molecule has 0 atom stereocenters. The van der Waals surface area contributed by atoms with E-state index in [9.17, 15) is 13.2 Å². The van der Waals surface area contributed by atoms with Crippen molar-refractivity contribution in [3.05, 3.63) is 35.4 Å². The van der Waals surface area contributed by atoms with E-state index in [0.717, 1.165) is 0 Å². The van der Waals surface area contributed by atoms with Crippen LogP contribution in [0.15, 0.2) is 24.3 Å². The minimum absolute atomic E-state index is 0.125. The Morgan fingerprint density at radius 1 is 1.17 bits per heavy atom. The van der Waals surface area contributed by atoms with E-state index in [4.69, 9.17) is 5.11 Å². The first-order valence-electron chi connectivity index (χ1n) is 5.64. The average Bonchev–Trinajstić information content (AvgIpc) is 2.18. The smallest absolute Gasteiger partial charge is 0.307 e. The summed E-state index contributed by atoms with van der Waals surface area (Å²) in [6.45, 7) is 4.92. The van der Waals surface area contributed by atoms with Crippen LogP contribution in [0.4, 0.5) is 0 Å². The van der Waals surface area contributed by atoms with E-state index >= 15 is 0 Å². The molecule has 0 unspecified atom stereocenters. The van der Waals surface area contributed by atoms with Crippen LogP contribution in [0.5, 0.6) is 0 Å². The summed E-state index contributed by atoms with van der Waals surface area (Å²) in [5.74, 6) is -1.09. The number of carboxylic acids is 1. The molecule has 0 heterocycles. The van der Waals surface area contributed by atoms with Gasteiger partial charge in [0.15, 0.2) is 9.84 Å². The third kappa shape index (κ3) is 3.57. The summed E-state index contributed by atoms with van der Waals surface area (Å²) in [5, 5.41) is 8.80. The highest BCUT2D eigenvalue weighted by atomic mass is 32.2. The van der Waals surface area contributed by atoms with Gasteiger partial charge in [-0.25, -0.2) is 8.42 Å². The van der Waals surface area contributed by atoms with Crippen molar-refractivity contribution in [3.8, 4) is 0 Å². The summed E-state index contributed by atoms with van der Waals surface area (Å²) < 4.78 is 23.4. The second-order valence-electron chi connectivity index (χ2n) is 5.21. The normalized spacial score (nSPS) is 12.4. The van der Waals surface area contributed by atoms with Crippen molar-refractivity contribution in [1.29, 1.82) is 0 Å². The molecule has 18 heavy (non-hydrogen) atoms. The van der Waals surface area contributed by atoms with E-state index in [1.165, 1.54) is 0 Å². The molecule has 0 saturated heterocycles. The highest BCUT2D eigenvalue weighted by Gasteiger charge is 2.29. The first-order chi connectivity index (χ1) is 8.13. The Morgan fingerprint density at radius 2 is 1.67 bits per heavy atom. The van der Waals surface area contributed by atoms with Gasteiger partial charge >= 0.3 is 5.97 Å². The molecule has 0 aromatic heterocycles. The van der Waals surface area contributed by atoms with Crippen LogP contribution < -0.4 is 0 Å². The van der Waals surface area contributed by atoms with Crippen LogP contribution in [-0.4, -0.2) is 24.2 Å². The minimum atomic E-state index is -3.30. The number of rotatable bonds is 4. The van der Waals surface area contributed by atoms with E-state index in [1.807, 2.05) is 0 Å². The molecule has 0 amide bonds. The lowest BCUT2D eigenvalue weighted by molar-refractivity contribution is -0.136. The average molecular weight is 270 g/mol. The van der Waals surface area contributed by atoms with Crippen LogP contribution in [0.1, 0.15) is 31.9 Å². The number of aliphatic carboxylic acids is 1. The molecular formula is C13H18O4S.